The molecule has 0 aliphatic heterocycles. The quantitative estimate of drug-likeness (QED) is 0.137. The van der Waals surface area contributed by atoms with Crippen LogP contribution in [-0.4, -0.2) is 48.1 Å². The van der Waals surface area contributed by atoms with Gasteiger partial charge in [0.05, 0.1) is 31.4 Å². The molecule has 0 aliphatic carbocycles. The molecule has 34 heavy (non-hydrogen) atoms. The maximum atomic E-state index is 12.8. The number of rotatable bonds is 15. The Morgan fingerprint density at radius 2 is 1.88 bits per heavy atom. The minimum atomic E-state index is -0.446. The standard InChI is InChI=1S/C26H34N4O4/c1-3-5-8-14-22(18-30(20-31)34-17-6-4-2)25(32)27-19-28-26(33)24-16-11-15-23(29-24)21-12-9-7-10-13-21/h4,6-7,9-13,15-16,20,22H,3,5,8,14,17-19H2,1-2H3,(H,27,32)(H,28,33)/b6-4+/t22-/m1/s1. The van der Waals surface area contributed by atoms with Crippen molar-refractivity contribution < 1.29 is 19.2 Å². The average Bonchev–Trinajstić information content (AvgIpc) is 2.87. The number of hydrogen-bond donors (Lipinski definition) is 2. The maximum absolute atomic E-state index is 12.8. The molecule has 8 heteroatoms. The lowest BCUT2D eigenvalue weighted by atomic mass is 10.0. The Balaban J connectivity index is 1.92. The molecule has 8 nitrogen and oxygen atoms in total. The first kappa shape index (κ1) is 26.7. The Kier molecular flexibility index (Phi) is 12.1. The maximum Gasteiger partial charge on any atom is 0.271 e. The number of benzene rings is 1. The first-order valence-electron chi connectivity index (χ1n) is 11.6. The van der Waals surface area contributed by atoms with Gasteiger partial charge in [0.25, 0.3) is 5.91 Å². The minimum Gasteiger partial charge on any atom is -0.338 e. The molecule has 0 saturated carbocycles. The molecule has 3 amide bonds. The van der Waals surface area contributed by atoms with Crippen LogP contribution in [0.3, 0.4) is 0 Å². The highest BCUT2D eigenvalue weighted by Crippen LogP contribution is 2.16. The number of carbonyl (C=O) groups is 3. The molecule has 0 radical (unpaired) electrons. The molecule has 1 aromatic heterocycles. The Hall–Kier alpha value is -3.52. The molecule has 1 aromatic carbocycles. The van der Waals surface area contributed by atoms with E-state index in [9.17, 15) is 14.4 Å². The predicted molar refractivity (Wildman–Crippen MR) is 131 cm³/mol. The van der Waals surface area contributed by atoms with Crippen LogP contribution in [0.5, 0.6) is 0 Å². The van der Waals surface area contributed by atoms with Crippen LogP contribution in [0.4, 0.5) is 0 Å². The van der Waals surface area contributed by atoms with Gasteiger partial charge < -0.3 is 10.6 Å². The lowest BCUT2D eigenvalue weighted by Gasteiger charge is -2.23. The fourth-order valence-corrected chi connectivity index (χ4v) is 3.30. The molecular weight excluding hydrogens is 432 g/mol. The second kappa shape index (κ2) is 15.3. The first-order valence-corrected chi connectivity index (χ1v) is 11.6. The van der Waals surface area contributed by atoms with Crippen LogP contribution in [0, 0.1) is 5.92 Å². The largest absolute Gasteiger partial charge is 0.338 e. The van der Waals surface area contributed by atoms with Gasteiger partial charge in [0.15, 0.2) is 0 Å². The van der Waals surface area contributed by atoms with Crippen molar-refractivity contribution in [3.05, 3.63) is 66.4 Å². The summed E-state index contributed by atoms with van der Waals surface area (Å²) in [4.78, 5) is 46.5. The molecule has 182 valence electrons. The molecule has 2 aromatic rings. The lowest BCUT2D eigenvalue weighted by Crippen LogP contribution is -2.43. The molecule has 2 rings (SSSR count). The Bertz CT molecular complexity index is 933. The van der Waals surface area contributed by atoms with E-state index in [1.54, 1.807) is 18.2 Å². The van der Waals surface area contributed by atoms with E-state index < -0.39 is 5.92 Å². The van der Waals surface area contributed by atoms with Gasteiger partial charge in [0, 0.05) is 5.56 Å². The smallest absolute Gasteiger partial charge is 0.271 e. The second-order valence-electron chi connectivity index (χ2n) is 7.76. The van der Waals surface area contributed by atoms with Gasteiger partial charge in [-0.2, -0.15) is 0 Å². The molecule has 0 bridgehead atoms. The topological polar surface area (TPSA) is 101 Å². The van der Waals surface area contributed by atoms with E-state index in [1.165, 1.54) is 0 Å². The van der Waals surface area contributed by atoms with Gasteiger partial charge in [-0.05, 0) is 25.5 Å². The third kappa shape index (κ3) is 9.15. The molecule has 1 atom stereocenters. The van der Waals surface area contributed by atoms with E-state index >= 15 is 0 Å². The summed E-state index contributed by atoms with van der Waals surface area (Å²) in [6.45, 7) is 4.30. The number of allylic oxidation sites excluding steroid dienone is 1. The number of nitrogens with zero attached hydrogens (tertiary/aromatic N) is 2. The fraction of sp³-hybridized carbons (Fsp3) is 0.385. The zero-order valence-corrected chi connectivity index (χ0v) is 19.9. The fourth-order valence-electron chi connectivity index (χ4n) is 3.30. The highest BCUT2D eigenvalue weighted by atomic mass is 16.7. The average molecular weight is 467 g/mol. The Morgan fingerprint density at radius 3 is 2.59 bits per heavy atom. The number of hydroxylamine groups is 2. The number of pyridine rings is 1. The van der Waals surface area contributed by atoms with Gasteiger partial charge in [0.2, 0.25) is 12.3 Å². The first-order chi connectivity index (χ1) is 16.6. The normalized spacial score (nSPS) is 11.7. The van der Waals surface area contributed by atoms with Gasteiger partial charge in [-0.25, -0.2) is 10.0 Å². The zero-order valence-electron chi connectivity index (χ0n) is 19.9. The third-order valence-corrected chi connectivity index (χ3v) is 5.18. The second-order valence-corrected chi connectivity index (χ2v) is 7.76. The Morgan fingerprint density at radius 1 is 1.09 bits per heavy atom. The van der Waals surface area contributed by atoms with Crippen LogP contribution in [-0.2, 0) is 14.4 Å². The summed E-state index contributed by atoms with van der Waals surface area (Å²) in [5.74, 6) is -1.08. The SMILES string of the molecule is C/C=C/CON(C=O)C[C@@H](CCCCC)C(=O)NCNC(=O)c1cccc(-c2ccccc2)n1. The van der Waals surface area contributed by atoms with E-state index in [0.717, 1.165) is 29.9 Å². The van der Waals surface area contributed by atoms with Crippen LogP contribution in [0.15, 0.2) is 60.7 Å². The molecule has 0 saturated heterocycles. The van der Waals surface area contributed by atoms with E-state index in [-0.39, 0.29) is 37.3 Å². The van der Waals surface area contributed by atoms with Crippen molar-refractivity contribution in [2.24, 2.45) is 5.92 Å². The van der Waals surface area contributed by atoms with Gasteiger partial charge in [-0.15, -0.1) is 0 Å². The summed E-state index contributed by atoms with van der Waals surface area (Å²) >= 11 is 0. The summed E-state index contributed by atoms with van der Waals surface area (Å²) in [6.07, 6.45) is 7.67. The van der Waals surface area contributed by atoms with Crippen molar-refractivity contribution in [1.82, 2.24) is 20.7 Å². The molecule has 1 heterocycles. The van der Waals surface area contributed by atoms with Gasteiger partial charge >= 0.3 is 0 Å². The highest BCUT2D eigenvalue weighted by molar-refractivity contribution is 5.93. The summed E-state index contributed by atoms with van der Waals surface area (Å²) in [5, 5.41) is 6.57. The monoisotopic (exact) mass is 466 g/mol. The molecular formula is C26H34N4O4. The van der Waals surface area contributed by atoms with Crippen molar-refractivity contribution >= 4 is 18.2 Å². The number of nitrogens with one attached hydrogen (secondary N) is 2. The molecule has 0 unspecified atom stereocenters. The molecule has 0 fully saturated rings. The van der Waals surface area contributed by atoms with E-state index in [0.29, 0.717) is 18.5 Å². The van der Waals surface area contributed by atoms with Gasteiger partial charge in [-0.1, -0.05) is 74.7 Å². The zero-order chi connectivity index (χ0) is 24.6. The van der Waals surface area contributed by atoms with Gasteiger partial charge in [-0.3, -0.25) is 19.2 Å². The van der Waals surface area contributed by atoms with Gasteiger partial charge in [0.1, 0.15) is 5.69 Å². The van der Waals surface area contributed by atoms with Crippen molar-refractivity contribution in [3.63, 3.8) is 0 Å². The van der Waals surface area contributed by atoms with Crippen molar-refractivity contribution in [2.45, 2.75) is 39.5 Å². The molecule has 0 aliphatic rings. The number of carbonyl (C=O) groups excluding carboxylic acids is 3. The number of amides is 3. The third-order valence-electron chi connectivity index (χ3n) is 5.18. The highest BCUT2D eigenvalue weighted by Gasteiger charge is 2.21. The summed E-state index contributed by atoms with van der Waals surface area (Å²) in [5.41, 5.74) is 1.87. The van der Waals surface area contributed by atoms with Crippen LogP contribution >= 0.6 is 0 Å². The van der Waals surface area contributed by atoms with Crippen LogP contribution in [0.25, 0.3) is 11.3 Å². The number of unbranched alkanes of at least 4 members (excludes halogenated alkanes) is 2. The summed E-state index contributed by atoms with van der Waals surface area (Å²) in [6, 6.07) is 14.8. The summed E-state index contributed by atoms with van der Waals surface area (Å²) in [7, 11) is 0. The molecule has 0 spiro atoms. The Labute approximate surface area is 201 Å². The van der Waals surface area contributed by atoms with Crippen LogP contribution < -0.4 is 10.6 Å². The van der Waals surface area contributed by atoms with E-state index in [2.05, 4.69) is 22.5 Å². The minimum absolute atomic E-state index is 0.0420. The summed E-state index contributed by atoms with van der Waals surface area (Å²) < 4.78 is 0. The lowest BCUT2D eigenvalue weighted by molar-refractivity contribution is -0.172. The van der Waals surface area contributed by atoms with E-state index in [4.69, 9.17) is 4.84 Å². The van der Waals surface area contributed by atoms with Crippen molar-refractivity contribution in [2.75, 3.05) is 19.8 Å². The van der Waals surface area contributed by atoms with E-state index in [1.807, 2.05) is 49.4 Å². The predicted octanol–water partition coefficient (Wildman–Crippen LogP) is 3.71. The number of hydrogen-bond acceptors (Lipinski definition) is 5. The van der Waals surface area contributed by atoms with Crippen molar-refractivity contribution in [1.29, 1.82) is 0 Å². The molecule has 2 N–H and O–H groups in total. The van der Waals surface area contributed by atoms with Crippen LogP contribution in [0.2, 0.25) is 0 Å². The number of aromatic nitrogens is 1. The van der Waals surface area contributed by atoms with Crippen molar-refractivity contribution in [3.8, 4) is 11.3 Å². The van der Waals surface area contributed by atoms with Crippen LogP contribution in [0.1, 0.15) is 50.0 Å².